The highest BCUT2D eigenvalue weighted by molar-refractivity contribution is 7.89. The van der Waals surface area contributed by atoms with Crippen LogP contribution >= 0.6 is 0 Å². The van der Waals surface area contributed by atoms with E-state index in [1.165, 1.54) is 6.92 Å². The summed E-state index contributed by atoms with van der Waals surface area (Å²) in [6.45, 7) is 1.29. The molecule has 0 radical (unpaired) electrons. The lowest BCUT2D eigenvalue weighted by Gasteiger charge is -2.11. The molecule has 1 rings (SSSR count). The summed E-state index contributed by atoms with van der Waals surface area (Å²) in [6.07, 6.45) is 0. The standard InChI is InChI=1S/C9H13N3O5S2/c1-6(9(10)13)12-19(16,17)8-4-2-7(3-5-8)18(11,14)15/h2-6,12H,1H3,(H2,10,13)(H2,11,14,15)/t6-/m0/s1. The number of primary amides is 1. The lowest BCUT2D eigenvalue weighted by molar-refractivity contribution is -0.119. The molecule has 0 saturated heterocycles. The number of amides is 1. The first-order valence-electron chi connectivity index (χ1n) is 4.98. The lowest BCUT2D eigenvalue weighted by atomic mass is 10.4. The fourth-order valence-electron chi connectivity index (χ4n) is 1.17. The van der Waals surface area contributed by atoms with Gasteiger partial charge in [0, 0.05) is 0 Å². The zero-order valence-corrected chi connectivity index (χ0v) is 11.5. The van der Waals surface area contributed by atoms with Crippen LogP contribution in [-0.2, 0) is 24.8 Å². The van der Waals surface area contributed by atoms with Crippen molar-refractivity contribution in [3.05, 3.63) is 24.3 Å². The Labute approximate surface area is 110 Å². The average molecular weight is 307 g/mol. The third-order valence-electron chi connectivity index (χ3n) is 2.22. The van der Waals surface area contributed by atoms with Gasteiger partial charge in [-0.3, -0.25) is 4.79 Å². The zero-order chi connectivity index (χ0) is 14.8. The van der Waals surface area contributed by atoms with Crippen LogP contribution in [0.2, 0.25) is 0 Å². The molecule has 1 aromatic carbocycles. The van der Waals surface area contributed by atoms with Gasteiger partial charge in [-0.05, 0) is 31.2 Å². The second-order valence-corrected chi connectivity index (χ2v) is 7.04. The number of rotatable bonds is 5. The molecule has 0 aliphatic heterocycles. The molecule has 5 N–H and O–H groups in total. The van der Waals surface area contributed by atoms with Crippen molar-refractivity contribution in [2.45, 2.75) is 22.8 Å². The Kier molecular flexibility index (Phi) is 4.30. The summed E-state index contributed by atoms with van der Waals surface area (Å²) >= 11 is 0. The first-order valence-corrected chi connectivity index (χ1v) is 8.01. The molecule has 0 unspecified atom stereocenters. The summed E-state index contributed by atoms with van der Waals surface area (Å²) in [6, 6.07) is 3.16. The maximum absolute atomic E-state index is 11.8. The molecule has 0 spiro atoms. The van der Waals surface area contributed by atoms with Crippen LogP contribution < -0.4 is 15.6 Å². The van der Waals surface area contributed by atoms with Gasteiger partial charge in [0.25, 0.3) is 0 Å². The highest BCUT2D eigenvalue weighted by atomic mass is 32.2. The van der Waals surface area contributed by atoms with Crippen molar-refractivity contribution in [1.82, 2.24) is 4.72 Å². The molecular formula is C9H13N3O5S2. The molecule has 0 fully saturated rings. The van der Waals surface area contributed by atoms with E-state index in [9.17, 15) is 21.6 Å². The fourth-order valence-corrected chi connectivity index (χ4v) is 2.89. The fraction of sp³-hybridized carbons (Fsp3) is 0.222. The van der Waals surface area contributed by atoms with Gasteiger partial charge in [0.1, 0.15) is 0 Å². The lowest BCUT2D eigenvalue weighted by Crippen LogP contribution is -2.42. The largest absolute Gasteiger partial charge is 0.368 e. The number of nitrogens with one attached hydrogen (secondary N) is 1. The zero-order valence-electron chi connectivity index (χ0n) is 9.90. The maximum Gasteiger partial charge on any atom is 0.241 e. The minimum Gasteiger partial charge on any atom is -0.368 e. The van der Waals surface area contributed by atoms with Gasteiger partial charge in [-0.25, -0.2) is 22.0 Å². The second-order valence-electron chi connectivity index (χ2n) is 3.76. The Balaban J connectivity index is 3.07. The molecule has 19 heavy (non-hydrogen) atoms. The van der Waals surface area contributed by atoms with Crippen molar-refractivity contribution in [3.63, 3.8) is 0 Å². The van der Waals surface area contributed by atoms with E-state index in [4.69, 9.17) is 10.9 Å². The first-order chi connectivity index (χ1) is 8.54. The van der Waals surface area contributed by atoms with Crippen LogP contribution in [0, 0.1) is 0 Å². The second kappa shape index (κ2) is 5.25. The predicted molar refractivity (Wildman–Crippen MR) is 66.8 cm³/mol. The number of hydrogen-bond donors (Lipinski definition) is 3. The molecule has 106 valence electrons. The number of nitrogens with two attached hydrogens (primary N) is 2. The number of carbonyl (C=O) groups excluding carboxylic acids is 1. The molecule has 0 aromatic heterocycles. The predicted octanol–water partition coefficient (Wildman–Crippen LogP) is -1.51. The maximum atomic E-state index is 11.8. The third-order valence-corrected chi connectivity index (χ3v) is 4.71. The van der Waals surface area contributed by atoms with E-state index in [1.807, 2.05) is 4.72 Å². The molecular weight excluding hydrogens is 294 g/mol. The average Bonchev–Trinajstić information content (AvgIpc) is 2.27. The highest BCUT2D eigenvalue weighted by Crippen LogP contribution is 2.13. The Bertz CT molecular complexity index is 679. The SMILES string of the molecule is C[C@H](NS(=O)(=O)c1ccc(S(N)(=O)=O)cc1)C(N)=O. The van der Waals surface area contributed by atoms with Crippen LogP contribution in [0.25, 0.3) is 0 Å². The van der Waals surface area contributed by atoms with E-state index in [0.29, 0.717) is 0 Å². The quantitative estimate of drug-likeness (QED) is 0.604. The molecule has 1 atom stereocenters. The molecule has 0 heterocycles. The Morgan fingerprint density at radius 3 is 1.89 bits per heavy atom. The summed E-state index contributed by atoms with van der Waals surface area (Å²) in [5, 5.41) is 4.88. The van der Waals surface area contributed by atoms with E-state index < -0.39 is 32.0 Å². The first kappa shape index (κ1) is 15.6. The van der Waals surface area contributed by atoms with E-state index in [-0.39, 0.29) is 9.79 Å². The van der Waals surface area contributed by atoms with Crippen LogP contribution in [0.15, 0.2) is 34.1 Å². The molecule has 0 bridgehead atoms. The van der Waals surface area contributed by atoms with E-state index in [0.717, 1.165) is 24.3 Å². The Morgan fingerprint density at radius 1 is 1.11 bits per heavy atom. The van der Waals surface area contributed by atoms with E-state index in [2.05, 4.69) is 0 Å². The Hall–Kier alpha value is -1.49. The van der Waals surface area contributed by atoms with Gasteiger partial charge in [0.15, 0.2) is 0 Å². The van der Waals surface area contributed by atoms with Crippen molar-refractivity contribution in [2.24, 2.45) is 10.9 Å². The summed E-state index contributed by atoms with van der Waals surface area (Å²) in [5.41, 5.74) is 4.94. The van der Waals surface area contributed by atoms with Gasteiger partial charge in [0.2, 0.25) is 26.0 Å². The number of hydrogen-bond acceptors (Lipinski definition) is 5. The van der Waals surface area contributed by atoms with Crippen LogP contribution in [-0.4, -0.2) is 28.8 Å². The smallest absolute Gasteiger partial charge is 0.241 e. The summed E-state index contributed by atoms with van der Waals surface area (Å²) in [4.78, 5) is 10.4. The van der Waals surface area contributed by atoms with Gasteiger partial charge < -0.3 is 5.73 Å². The third kappa shape index (κ3) is 3.99. The minimum atomic E-state index is -3.95. The van der Waals surface area contributed by atoms with Gasteiger partial charge in [-0.1, -0.05) is 0 Å². The summed E-state index contributed by atoms with van der Waals surface area (Å²) in [7, 11) is -7.84. The van der Waals surface area contributed by atoms with Crippen LogP contribution in [0.5, 0.6) is 0 Å². The van der Waals surface area contributed by atoms with Crippen molar-refractivity contribution >= 4 is 26.0 Å². The summed E-state index contributed by atoms with van der Waals surface area (Å²) < 4.78 is 47.7. The van der Waals surface area contributed by atoms with Crippen molar-refractivity contribution < 1.29 is 21.6 Å². The molecule has 0 saturated carbocycles. The molecule has 0 aliphatic rings. The number of sulfonamides is 2. The van der Waals surface area contributed by atoms with Gasteiger partial charge in [-0.2, -0.15) is 4.72 Å². The van der Waals surface area contributed by atoms with Crippen LogP contribution in [0.3, 0.4) is 0 Å². The molecule has 8 nitrogen and oxygen atoms in total. The van der Waals surface area contributed by atoms with Gasteiger partial charge in [0.05, 0.1) is 15.8 Å². The van der Waals surface area contributed by atoms with Crippen LogP contribution in [0.1, 0.15) is 6.92 Å². The molecule has 0 aliphatic carbocycles. The van der Waals surface area contributed by atoms with Crippen molar-refractivity contribution in [3.8, 4) is 0 Å². The molecule has 1 aromatic rings. The topological polar surface area (TPSA) is 149 Å². The summed E-state index contributed by atoms with van der Waals surface area (Å²) in [5.74, 6) is -0.829. The van der Waals surface area contributed by atoms with E-state index >= 15 is 0 Å². The monoisotopic (exact) mass is 307 g/mol. The van der Waals surface area contributed by atoms with Crippen LogP contribution in [0.4, 0.5) is 0 Å². The van der Waals surface area contributed by atoms with Crippen molar-refractivity contribution in [1.29, 1.82) is 0 Å². The molecule has 10 heteroatoms. The van der Waals surface area contributed by atoms with Gasteiger partial charge in [-0.15, -0.1) is 0 Å². The van der Waals surface area contributed by atoms with Crippen molar-refractivity contribution in [2.75, 3.05) is 0 Å². The van der Waals surface area contributed by atoms with Gasteiger partial charge >= 0.3 is 0 Å². The Morgan fingerprint density at radius 2 is 1.53 bits per heavy atom. The number of benzene rings is 1. The normalized spacial score (nSPS) is 14.0. The number of primary sulfonamides is 1. The molecule has 1 amide bonds. The van der Waals surface area contributed by atoms with E-state index in [1.54, 1.807) is 0 Å². The highest BCUT2D eigenvalue weighted by Gasteiger charge is 2.20. The minimum absolute atomic E-state index is 0.201. The number of carbonyl (C=O) groups is 1.